The first kappa shape index (κ1) is 18.5. The predicted molar refractivity (Wildman–Crippen MR) is 111 cm³/mol. The van der Waals surface area contributed by atoms with Crippen LogP contribution in [0.2, 0.25) is 0 Å². The third-order valence-corrected chi connectivity index (χ3v) is 5.81. The first-order valence-corrected chi connectivity index (χ1v) is 10.0. The van der Waals surface area contributed by atoms with Gasteiger partial charge in [-0.05, 0) is 43.8 Å². The van der Waals surface area contributed by atoms with Crippen LogP contribution in [-0.4, -0.2) is 27.9 Å². The Labute approximate surface area is 167 Å². The Hall–Kier alpha value is -2.81. The molecular weight excluding hydrogens is 372 g/mol. The molecule has 2 unspecified atom stereocenters. The monoisotopic (exact) mass is 394 g/mol. The van der Waals surface area contributed by atoms with Crippen molar-refractivity contribution in [1.82, 2.24) is 26.1 Å². The predicted octanol–water partition coefficient (Wildman–Crippen LogP) is 2.61. The molecule has 7 nitrogen and oxygen atoms in total. The zero-order chi connectivity index (χ0) is 19.5. The highest BCUT2D eigenvalue weighted by Gasteiger charge is 2.30. The Bertz CT molecular complexity index is 980. The standard InChI is InChI=1S/C20H22N6OS/c1-13-16(14(2)26(25-13)15-7-4-3-5-8-15)12-21-24-20(27)18-11-17(22-23-18)19-9-6-10-28-19/h3-10,12,17-18,22-23H,11H2,1-2H3,(H,24,27)/b21-12+. The number of carbonyl (C=O) groups excluding carboxylic acids is 1. The number of nitrogens with one attached hydrogen (secondary N) is 3. The highest BCUT2D eigenvalue weighted by molar-refractivity contribution is 7.10. The normalized spacial score (nSPS) is 19.4. The van der Waals surface area contributed by atoms with Crippen molar-refractivity contribution >= 4 is 23.5 Å². The molecule has 1 aromatic carbocycles. The first-order chi connectivity index (χ1) is 13.6. The molecule has 0 spiro atoms. The van der Waals surface area contributed by atoms with Gasteiger partial charge in [-0.2, -0.15) is 10.2 Å². The lowest BCUT2D eigenvalue weighted by Gasteiger charge is -2.06. The van der Waals surface area contributed by atoms with Crippen LogP contribution in [0.3, 0.4) is 0 Å². The van der Waals surface area contributed by atoms with Crippen molar-refractivity contribution in [2.75, 3.05) is 0 Å². The summed E-state index contributed by atoms with van der Waals surface area (Å²) in [5, 5.41) is 10.8. The van der Waals surface area contributed by atoms with Gasteiger partial charge in [0.05, 0.1) is 29.3 Å². The molecule has 1 fully saturated rings. The maximum Gasteiger partial charge on any atom is 0.258 e. The highest BCUT2D eigenvalue weighted by Crippen LogP contribution is 2.25. The fraction of sp³-hybridized carbons (Fsp3) is 0.250. The molecule has 1 aliphatic rings. The average molecular weight is 395 g/mol. The van der Waals surface area contributed by atoms with Gasteiger partial charge in [0, 0.05) is 10.4 Å². The summed E-state index contributed by atoms with van der Waals surface area (Å²) in [7, 11) is 0. The second-order valence-electron chi connectivity index (χ2n) is 6.71. The number of rotatable bonds is 5. The van der Waals surface area contributed by atoms with Gasteiger partial charge in [0.25, 0.3) is 5.91 Å². The second kappa shape index (κ2) is 8.05. The van der Waals surface area contributed by atoms with Crippen LogP contribution in [0, 0.1) is 13.8 Å². The Morgan fingerprint density at radius 2 is 2.07 bits per heavy atom. The van der Waals surface area contributed by atoms with Gasteiger partial charge < -0.3 is 0 Å². The van der Waals surface area contributed by atoms with Crippen molar-refractivity contribution in [3.63, 3.8) is 0 Å². The Morgan fingerprint density at radius 3 is 2.82 bits per heavy atom. The van der Waals surface area contributed by atoms with Crippen LogP contribution >= 0.6 is 11.3 Å². The molecule has 0 saturated carbocycles. The lowest BCUT2D eigenvalue weighted by molar-refractivity contribution is -0.122. The SMILES string of the molecule is Cc1nn(-c2ccccc2)c(C)c1/C=N/NC(=O)C1CC(c2cccs2)NN1. The number of aromatic nitrogens is 2. The van der Waals surface area contributed by atoms with Crippen LogP contribution in [0.4, 0.5) is 0 Å². The van der Waals surface area contributed by atoms with E-state index in [-0.39, 0.29) is 18.0 Å². The van der Waals surface area contributed by atoms with E-state index in [1.165, 1.54) is 4.88 Å². The fourth-order valence-electron chi connectivity index (χ4n) is 3.30. The minimum atomic E-state index is -0.321. The molecular formula is C20H22N6OS. The summed E-state index contributed by atoms with van der Waals surface area (Å²) in [4.78, 5) is 13.6. The van der Waals surface area contributed by atoms with Gasteiger partial charge in [0.1, 0.15) is 6.04 Å². The van der Waals surface area contributed by atoms with E-state index in [9.17, 15) is 4.79 Å². The molecule has 1 amide bonds. The van der Waals surface area contributed by atoms with E-state index < -0.39 is 0 Å². The van der Waals surface area contributed by atoms with E-state index >= 15 is 0 Å². The molecule has 0 aliphatic carbocycles. The topological polar surface area (TPSA) is 83.3 Å². The molecule has 3 N–H and O–H groups in total. The molecule has 4 rings (SSSR count). The minimum absolute atomic E-state index is 0.147. The lowest BCUT2D eigenvalue weighted by Crippen LogP contribution is -2.41. The van der Waals surface area contributed by atoms with Crippen LogP contribution in [0.5, 0.6) is 0 Å². The second-order valence-corrected chi connectivity index (χ2v) is 7.69. The van der Waals surface area contributed by atoms with Crippen molar-refractivity contribution < 1.29 is 4.79 Å². The zero-order valence-electron chi connectivity index (χ0n) is 15.7. The number of hydrogen-bond donors (Lipinski definition) is 3. The van der Waals surface area contributed by atoms with Crippen molar-refractivity contribution in [3.05, 3.63) is 69.7 Å². The third-order valence-electron chi connectivity index (χ3n) is 4.82. The van der Waals surface area contributed by atoms with Crippen molar-refractivity contribution in [3.8, 4) is 5.69 Å². The summed E-state index contributed by atoms with van der Waals surface area (Å²) in [5.41, 5.74) is 12.6. The molecule has 3 aromatic rings. The van der Waals surface area contributed by atoms with Crippen molar-refractivity contribution in [2.45, 2.75) is 32.4 Å². The van der Waals surface area contributed by atoms with Gasteiger partial charge in [-0.3, -0.25) is 4.79 Å². The molecule has 8 heteroatoms. The molecule has 1 aliphatic heterocycles. The van der Waals surface area contributed by atoms with Crippen molar-refractivity contribution in [2.24, 2.45) is 5.10 Å². The number of nitrogens with zero attached hydrogens (tertiary/aromatic N) is 3. The summed E-state index contributed by atoms with van der Waals surface area (Å²) >= 11 is 1.68. The van der Waals surface area contributed by atoms with E-state index in [0.29, 0.717) is 6.42 Å². The highest BCUT2D eigenvalue weighted by atomic mass is 32.1. The summed E-state index contributed by atoms with van der Waals surface area (Å²) in [6.07, 6.45) is 2.35. The third kappa shape index (κ3) is 3.75. The van der Waals surface area contributed by atoms with Gasteiger partial charge in [-0.25, -0.2) is 21.0 Å². The molecule has 2 aromatic heterocycles. The number of thiophene rings is 1. The molecule has 1 saturated heterocycles. The fourth-order valence-corrected chi connectivity index (χ4v) is 4.10. The van der Waals surface area contributed by atoms with E-state index in [4.69, 9.17) is 0 Å². The number of amides is 1. The molecule has 0 radical (unpaired) electrons. The van der Waals surface area contributed by atoms with E-state index in [2.05, 4.69) is 32.5 Å². The number of hydrazone groups is 1. The molecule has 28 heavy (non-hydrogen) atoms. The maximum absolute atomic E-state index is 12.4. The Kier molecular flexibility index (Phi) is 5.34. The summed E-state index contributed by atoms with van der Waals surface area (Å²) in [6.45, 7) is 3.92. The summed E-state index contributed by atoms with van der Waals surface area (Å²) in [6, 6.07) is 13.8. The van der Waals surface area contributed by atoms with E-state index in [1.54, 1.807) is 17.6 Å². The quantitative estimate of drug-likeness (QED) is 0.459. The maximum atomic E-state index is 12.4. The van der Waals surface area contributed by atoms with Crippen LogP contribution < -0.4 is 16.3 Å². The van der Waals surface area contributed by atoms with E-state index in [1.807, 2.05) is 60.3 Å². The van der Waals surface area contributed by atoms with Crippen molar-refractivity contribution in [1.29, 1.82) is 0 Å². The van der Waals surface area contributed by atoms with Gasteiger partial charge >= 0.3 is 0 Å². The number of carbonyl (C=O) groups is 1. The van der Waals surface area contributed by atoms with Gasteiger partial charge in [0.15, 0.2) is 0 Å². The van der Waals surface area contributed by atoms with Crippen LogP contribution in [0.15, 0.2) is 52.9 Å². The molecule has 2 atom stereocenters. The largest absolute Gasteiger partial charge is 0.271 e. The molecule has 144 valence electrons. The summed E-state index contributed by atoms with van der Waals surface area (Å²) < 4.78 is 1.88. The first-order valence-electron chi connectivity index (χ1n) is 9.12. The Balaban J connectivity index is 1.40. The van der Waals surface area contributed by atoms with Gasteiger partial charge in [-0.15, -0.1) is 11.3 Å². The lowest BCUT2D eigenvalue weighted by atomic mass is 10.1. The van der Waals surface area contributed by atoms with Gasteiger partial charge in [-0.1, -0.05) is 24.3 Å². The molecule has 3 heterocycles. The number of benzene rings is 1. The van der Waals surface area contributed by atoms with Crippen LogP contribution in [-0.2, 0) is 4.79 Å². The smallest absolute Gasteiger partial charge is 0.258 e. The summed E-state index contributed by atoms with van der Waals surface area (Å²) in [5.74, 6) is -0.159. The zero-order valence-corrected chi connectivity index (χ0v) is 16.5. The van der Waals surface area contributed by atoms with Crippen LogP contribution in [0.25, 0.3) is 5.69 Å². The Morgan fingerprint density at radius 1 is 1.25 bits per heavy atom. The number of hydrogen-bond acceptors (Lipinski definition) is 6. The van der Waals surface area contributed by atoms with Gasteiger partial charge in [0.2, 0.25) is 0 Å². The van der Waals surface area contributed by atoms with Crippen LogP contribution in [0.1, 0.15) is 34.3 Å². The number of aryl methyl sites for hydroxylation is 1. The minimum Gasteiger partial charge on any atom is -0.271 e. The molecule has 0 bridgehead atoms. The average Bonchev–Trinajstić information content (AvgIpc) is 3.45. The van der Waals surface area contributed by atoms with E-state index in [0.717, 1.165) is 22.6 Å². The number of para-hydroxylation sites is 1. The number of hydrazine groups is 1.